The molecule has 0 unspecified atom stereocenters. The van der Waals surface area contributed by atoms with Crippen LogP contribution in [-0.4, -0.2) is 24.6 Å². The monoisotopic (exact) mass is 362 g/mol. The lowest BCUT2D eigenvalue weighted by atomic mass is 9.96. The summed E-state index contributed by atoms with van der Waals surface area (Å²) in [5, 5.41) is 1.38. The molecule has 0 aliphatic heterocycles. The number of carbonyl (C=O) groups excluding carboxylic acids is 1. The van der Waals surface area contributed by atoms with Crippen LogP contribution in [0, 0.1) is 8.99 Å². The van der Waals surface area contributed by atoms with E-state index in [4.69, 9.17) is 10.6 Å². The zero-order valence-electron chi connectivity index (χ0n) is 11.2. The normalized spacial score (nSPS) is 11.4. The Labute approximate surface area is 122 Å². The van der Waals surface area contributed by atoms with Crippen molar-refractivity contribution in [1.82, 2.24) is 5.06 Å². The average molecular weight is 362 g/mol. The summed E-state index contributed by atoms with van der Waals surface area (Å²) in [5.74, 6) is -0.148. The molecule has 2 N–H and O–H groups in total. The van der Waals surface area contributed by atoms with Gasteiger partial charge in [-0.25, -0.2) is 5.06 Å². The molecule has 0 saturated carbocycles. The van der Waals surface area contributed by atoms with E-state index in [0.29, 0.717) is 17.8 Å². The van der Waals surface area contributed by atoms with Crippen molar-refractivity contribution in [3.05, 3.63) is 27.3 Å². The molecule has 0 aliphatic carbocycles. The zero-order chi connectivity index (χ0) is 13.9. The first kappa shape index (κ1) is 15.2. The van der Waals surface area contributed by atoms with Gasteiger partial charge in [-0.2, -0.15) is 0 Å². The van der Waals surface area contributed by atoms with Gasteiger partial charge in [-0.15, -0.1) is 0 Å². The third-order valence-electron chi connectivity index (χ3n) is 2.31. The Kier molecular flexibility index (Phi) is 4.98. The highest BCUT2D eigenvalue weighted by Crippen LogP contribution is 2.20. The van der Waals surface area contributed by atoms with E-state index in [1.54, 1.807) is 18.2 Å². The molecule has 0 aromatic heterocycles. The lowest BCUT2D eigenvalue weighted by Gasteiger charge is -2.27. The molecular formula is C13H19IN2O2. The van der Waals surface area contributed by atoms with Crippen LogP contribution in [0.15, 0.2) is 18.2 Å². The minimum absolute atomic E-state index is 0.0212. The first-order chi connectivity index (χ1) is 8.24. The molecule has 0 atom stereocenters. The van der Waals surface area contributed by atoms with Crippen LogP contribution >= 0.6 is 22.6 Å². The number of hydrogen-bond acceptors (Lipinski definition) is 3. The van der Waals surface area contributed by atoms with Crippen LogP contribution in [0.25, 0.3) is 0 Å². The Morgan fingerprint density at radius 1 is 1.44 bits per heavy atom. The smallest absolute Gasteiger partial charge is 0.277 e. The average Bonchev–Trinajstić information content (AvgIpc) is 2.27. The molecule has 1 amide bonds. The Bertz CT molecular complexity index is 441. The Hall–Kier alpha value is -0.820. The molecule has 100 valence electrons. The highest BCUT2D eigenvalue weighted by Gasteiger charge is 2.22. The molecule has 0 bridgehead atoms. The van der Waals surface area contributed by atoms with Gasteiger partial charge in [0.15, 0.2) is 0 Å². The SMILES string of the molecule is CON(CC(C)(C)C)C(=O)c1ccc(N)c(I)c1. The van der Waals surface area contributed by atoms with E-state index >= 15 is 0 Å². The second-order valence-electron chi connectivity index (χ2n) is 5.32. The van der Waals surface area contributed by atoms with E-state index in [1.807, 2.05) is 0 Å². The molecule has 0 saturated heterocycles. The molecule has 4 nitrogen and oxygen atoms in total. The number of hydrogen-bond donors (Lipinski definition) is 1. The van der Waals surface area contributed by atoms with Crippen LogP contribution in [0.3, 0.4) is 0 Å². The van der Waals surface area contributed by atoms with Crippen molar-refractivity contribution in [3.63, 3.8) is 0 Å². The minimum Gasteiger partial charge on any atom is -0.398 e. The predicted molar refractivity (Wildman–Crippen MR) is 81.1 cm³/mol. The fourth-order valence-electron chi connectivity index (χ4n) is 1.45. The van der Waals surface area contributed by atoms with E-state index in [9.17, 15) is 4.79 Å². The number of amides is 1. The van der Waals surface area contributed by atoms with Crippen LogP contribution in [0.4, 0.5) is 5.69 Å². The van der Waals surface area contributed by atoms with E-state index in [1.165, 1.54) is 12.2 Å². The van der Waals surface area contributed by atoms with Gasteiger partial charge in [0, 0.05) is 14.8 Å². The van der Waals surface area contributed by atoms with Gasteiger partial charge in [-0.3, -0.25) is 9.63 Å². The second-order valence-corrected chi connectivity index (χ2v) is 6.48. The van der Waals surface area contributed by atoms with Crippen molar-refractivity contribution >= 4 is 34.2 Å². The lowest BCUT2D eigenvalue weighted by Crippen LogP contribution is -2.37. The largest absolute Gasteiger partial charge is 0.398 e. The van der Waals surface area contributed by atoms with Gasteiger partial charge in [0.05, 0.1) is 13.7 Å². The summed E-state index contributed by atoms with van der Waals surface area (Å²) in [5.41, 5.74) is 6.97. The van der Waals surface area contributed by atoms with Gasteiger partial charge < -0.3 is 5.73 Å². The fraction of sp³-hybridized carbons (Fsp3) is 0.462. The number of rotatable bonds is 3. The predicted octanol–water partition coefficient (Wildman–Crippen LogP) is 2.92. The standard InChI is InChI=1S/C13H19IN2O2/c1-13(2,3)8-16(18-4)12(17)9-5-6-11(15)10(14)7-9/h5-7H,8,15H2,1-4H3. The molecular weight excluding hydrogens is 343 g/mol. The molecule has 0 spiro atoms. The van der Waals surface area contributed by atoms with E-state index in [-0.39, 0.29) is 11.3 Å². The zero-order valence-corrected chi connectivity index (χ0v) is 13.3. The van der Waals surface area contributed by atoms with Gasteiger partial charge in [0.1, 0.15) is 0 Å². The van der Waals surface area contributed by atoms with Gasteiger partial charge in [0.25, 0.3) is 5.91 Å². The van der Waals surface area contributed by atoms with E-state index < -0.39 is 0 Å². The van der Waals surface area contributed by atoms with Gasteiger partial charge in [-0.1, -0.05) is 20.8 Å². The minimum atomic E-state index is -0.148. The maximum absolute atomic E-state index is 12.3. The number of nitrogen functional groups attached to an aromatic ring is 1. The first-order valence-electron chi connectivity index (χ1n) is 5.65. The quantitative estimate of drug-likeness (QED) is 0.511. The molecule has 18 heavy (non-hydrogen) atoms. The van der Waals surface area contributed by atoms with Crippen molar-refractivity contribution in [2.24, 2.45) is 5.41 Å². The fourth-order valence-corrected chi connectivity index (χ4v) is 1.97. The van der Waals surface area contributed by atoms with Crippen LogP contribution in [0.2, 0.25) is 0 Å². The summed E-state index contributed by atoms with van der Waals surface area (Å²) in [6, 6.07) is 5.22. The van der Waals surface area contributed by atoms with Crippen LogP contribution in [-0.2, 0) is 4.84 Å². The molecule has 1 rings (SSSR count). The van der Waals surface area contributed by atoms with Crippen molar-refractivity contribution in [2.75, 3.05) is 19.4 Å². The highest BCUT2D eigenvalue weighted by molar-refractivity contribution is 14.1. The molecule has 0 fully saturated rings. The number of halogens is 1. The van der Waals surface area contributed by atoms with Gasteiger partial charge in [0.2, 0.25) is 0 Å². The lowest BCUT2D eigenvalue weighted by molar-refractivity contribution is -0.110. The molecule has 1 aromatic rings. The second kappa shape index (κ2) is 5.88. The number of anilines is 1. The van der Waals surface area contributed by atoms with Crippen LogP contribution < -0.4 is 5.73 Å². The van der Waals surface area contributed by atoms with Crippen molar-refractivity contribution in [2.45, 2.75) is 20.8 Å². The first-order valence-corrected chi connectivity index (χ1v) is 6.73. The van der Waals surface area contributed by atoms with Crippen LogP contribution in [0.1, 0.15) is 31.1 Å². The Balaban J connectivity index is 2.93. The van der Waals surface area contributed by atoms with Gasteiger partial charge >= 0.3 is 0 Å². The number of hydroxylamine groups is 2. The maximum Gasteiger partial charge on any atom is 0.277 e. The van der Waals surface area contributed by atoms with Crippen molar-refractivity contribution < 1.29 is 9.63 Å². The summed E-state index contributed by atoms with van der Waals surface area (Å²) in [4.78, 5) is 17.4. The number of nitrogens with zero attached hydrogens (tertiary/aromatic N) is 1. The van der Waals surface area contributed by atoms with E-state index in [0.717, 1.165) is 3.57 Å². The Morgan fingerprint density at radius 2 is 2.06 bits per heavy atom. The van der Waals surface area contributed by atoms with Crippen molar-refractivity contribution in [3.8, 4) is 0 Å². The summed E-state index contributed by atoms with van der Waals surface area (Å²) in [6.45, 7) is 6.69. The number of nitrogens with two attached hydrogens (primary N) is 1. The molecule has 0 radical (unpaired) electrons. The molecule has 0 heterocycles. The summed E-state index contributed by atoms with van der Waals surface area (Å²) in [7, 11) is 1.51. The summed E-state index contributed by atoms with van der Waals surface area (Å²) in [6.07, 6.45) is 0. The third kappa shape index (κ3) is 4.13. The Morgan fingerprint density at radius 3 is 2.50 bits per heavy atom. The third-order valence-corrected chi connectivity index (χ3v) is 3.25. The van der Waals surface area contributed by atoms with Crippen molar-refractivity contribution in [1.29, 1.82) is 0 Å². The van der Waals surface area contributed by atoms with Gasteiger partial charge in [-0.05, 0) is 46.2 Å². The highest BCUT2D eigenvalue weighted by atomic mass is 127. The number of benzene rings is 1. The maximum atomic E-state index is 12.3. The van der Waals surface area contributed by atoms with Crippen LogP contribution in [0.5, 0.6) is 0 Å². The molecule has 5 heteroatoms. The summed E-state index contributed by atoms with van der Waals surface area (Å²) < 4.78 is 0.866. The van der Waals surface area contributed by atoms with E-state index in [2.05, 4.69) is 43.4 Å². The number of carbonyl (C=O) groups is 1. The molecule has 1 aromatic carbocycles. The topological polar surface area (TPSA) is 55.6 Å². The molecule has 0 aliphatic rings. The summed E-state index contributed by atoms with van der Waals surface area (Å²) >= 11 is 2.11.